The number of carbonyl (C=O) groups is 1. The number of carbonyl (C=O) groups excluding carboxylic acids is 1. The van der Waals surface area contributed by atoms with E-state index in [9.17, 15) is 9.18 Å². The number of nitrogens with zero attached hydrogens (tertiary/aromatic N) is 2. The van der Waals surface area contributed by atoms with Crippen molar-refractivity contribution >= 4 is 22.6 Å². The molecule has 1 saturated heterocycles. The first-order chi connectivity index (χ1) is 14.6. The number of hydrogen-bond acceptors (Lipinski definition) is 4. The molecule has 6 nitrogen and oxygen atoms in total. The fraction of sp³-hybridized carbons (Fsp3) is 0.304. The van der Waals surface area contributed by atoms with Crippen LogP contribution in [0.4, 0.5) is 14.9 Å². The van der Waals surface area contributed by atoms with E-state index >= 15 is 0 Å². The number of ether oxygens (including phenoxy) is 1. The minimum Gasteiger partial charge on any atom is -0.383 e. The van der Waals surface area contributed by atoms with Crippen LogP contribution >= 0.6 is 0 Å². The van der Waals surface area contributed by atoms with Gasteiger partial charge in [-0.1, -0.05) is 30.3 Å². The lowest BCUT2D eigenvalue weighted by Crippen LogP contribution is -2.42. The first-order valence-electron chi connectivity index (χ1n) is 10.0. The van der Waals surface area contributed by atoms with Gasteiger partial charge in [0.1, 0.15) is 5.82 Å². The number of fused-ring (bicyclic) bond motifs is 1. The van der Waals surface area contributed by atoms with Crippen LogP contribution < -0.4 is 10.6 Å². The summed E-state index contributed by atoms with van der Waals surface area (Å²) in [5.74, 6) is -0.272. The maximum absolute atomic E-state index is 13.8. The molecule has 2 amide bonds. The van der Waals surface area contributed by atoms with E-state index in [1.54, 1.807) is 25.4 Å². The average molecular weight is 408 g/mol. The number of hydrogen-bond donors (Lipinski definition) is 2. The number of likely N-dealkylation sites (tertiary alicyclic amines) is 1. The SMILES string of the molecule is COCCN1C[C@@H](NC(=O)Nc2cnc3ccccc3c2)[C@H](c2cccc(F)c2)C1. The van der Waals surface area contributed by atoms with E-state index in [2.05, 4.69) is 20.5 Å². The van der Waals surface area contributed by atoms with Crippen molar-refractivity contribution in [2.75, 3.05) is 38.7 Å². The summed E-state index contributed by atoms with van der Waals surface area (Å²) in [6.07, 6.45) is 1.64. The molecule has 1 aliphatic rings. The second-order valence-electron chi connectivity index (χ2n) is 7.54. The van der Waals surface area contributed by atoms with Crippen LogP contribution in [0.5, 0.6) is 0 Å². The van der Waals surface area contributed by atoms with Crippen LogP contribution in [0.15, 0.2) is 60.8 Å². The Bertz CT molecular complexity index is 1030. The van der Waals surface area contributed by atoms with Crippen LogP contribution in [0.3, 0.4) is 0 Å². The van der Waals surface area contributed by atoms with Crippen molar-refractivity contribution in [3.63, 3.8) is 0 Å². The topological polar surface area (TPSA) is 66.5 Å². The van der Waals surface area contributed by atoms with Crippen molar-refractivity contribution in [2.24, 2.45) is 0 Å². The van der Waals surface area contributed by atoms with Gasteiger partial charge in [-0.2, -0.15) is 0 Å². The Morgan fingerprint density at radius 3 is 2.90 bits per heavy atom. The third-order valence-electron chi connectivity index (χ3n) is 5.45. The van der Waals surface area contributed by atoms with E-state index in [4.69, 9.17) is 4.74 Å². The van der Waals surface area contributed by atoms with Gasteiger partial charge < -0.3 is 15.4 Å². The third kappa shape index (κ3) is 4.75. The molecule has 156 valence electrons. The maximum Gasteiger partial charge on any atom is 0.319 e. The van der Waals surface area contributed by atoms with E-state index < -0.39 is 0 Å². The van der Waals surface area contributed by atoms with Crippen LogP contribution in [0, 0.1) is 5.82 Å². The van der Waals surface area contributed by atoms with Gasteiger partial charge in [-0.25, -0.2) is 9.18 Å². The molecule has 0 radical (unpaired) electrons. The molecule has 0 spiro atoms. The number of nitrogens with one attached hydrogen (secondary N) is 2. The van der Waals surface area contributed by atoms with E-state index in [1.165, 1.54) is 6.07 Å². The number of urea groups is 1. The third-order valence-corrected chi connectivity index (χ3v) is 5.45. The Hall–Kier alpha value is -3.03. The fourth-order valence-electron chi connectivity index (χ4n) is 3.98. The Morgan fingerprint density at radius 1 is 1.20 bits per heavy atom. The highest BCUT2D eigenvalue weighted by atomic mass is 19.1. The monoisotopic (exact) mass is 408 g/mol. The Kier molecular flexibility index (Phi) is 6.21. The quantitative estimate of drug-likeness (QED) is 0.654. The first-order valence-corrected chi connectivity index (χ1v) is 10.0. The van der Waals surface area contributed by atoms with E-state index in [1.807, 2.05) is 36.4 Å². The lowest BCUT2D eigenvalue weighted by Gasteiger charge is -2.20. The molecular weight excluding hydrogens is 383 g/mol. The van der Waals surface area contributed by atoms with Crippen LogP contribution in [-0.2, 0) is 4.74 Å². The van der Waals surface area contributed by atoms with Gasteiger partial charge in [-0.3, -0.25) is 9.88 Å². The smallest absolute Gasteiger partial charge is 0.319 e. The number of methoxy groups -OCH3 is 1. The Morgan fingerprint density at radius 2 is 2.07 bits per heavy atom. The van der Waals surface area contributed by atoms with Crippen LogP contribution in [0.1, 0.15) is 11.5 Å². The van der Waals surface area contributed by atoms with Crippen molar-refractivity contribution in [1.29, 1.82) is 0 Å². The molecule has 0 unspecified atom stereocenters. The molecule has 1 aliphatic heterocycles. The highest BCUT2D eigenvalue weighted by Crippen LogP contribution is 2.28. The predicted octanol–water partition coefficient (Wildman–Crippen LogP) is 3.61. The van der Waals surface area contributed by atoms with Crippen molar-refractivity contribution in [2.45, 2.75) is 12.0 Å². The minimum atomic E-state index is -0.299. The summed E-state index contributed by atoms with van der Waals surface area (Å²) in [7, 11) is 1.67. The van der Waals surface area contributed by atoms with Crippen molar-refractivity contribution in [3.8, 4) is 0 Å². The van der Waals surface area contributed by atoms with Crippen LogP contribution in [0.25, 0.3) is 10.9 Å². The molecule has 2 aromatic carbocycles. The molecule has 4 rings (SSSR count). The molecule has 1 fully saturated rings. The number of rotatable bonds is 6. The van der Waals surface area contributed by atoms with E-state index in [-0.39, 0.29) is 23.8 Å². The summed E-state index contributed by atoms with van der Waals surface area (Å²) < 4.78 is 19.0. The lowest BCUT2D eigenvalue weighted by atomic mass is 9.94. The predicted molar refractivity (Wildman–Crippen MR) is 115 cm³/mol. The van der Waals surface area contributed by atoms with Crippen LogP contribution in [0.2, 0.25) is 0 Å². The normalized spacial score (nSPS) is 19.1. The maximum atomic E-state index is 13.8. The van der Waals surface area contributed by atoms with Crippen molar-refractivity contribution < 1.29 is 13.9 Å². The first kappa shape index (κ1) is 20.3. The van der Waals surface area contributed by atoms with Crippen molar-refractivity contribution in [1.82, 2.24) is 15.2 Å². The van der Waals surface area contributed by atoms with Gasteiger partial charge in [0.05, 0.1) is 30.0 Å². The van der Waals surface area contributed by atoms with Gasteiger partial charge >= 0.3 is 6.03 Å². The molecule has 2 heterocycles. The molecule has 2 N–H and O–H groups in total. The van der Waals surface area contributed by atoms with Gasteiger partial charge in [-0.05, 0) is 29.8 Å². The molecule has 30 heavy (non-hydrogen) atoms. The molecule has 0 bridgehead atoms. The van der Waals surface area contributed by atoms with Gasteiger partial charge in [0.25, 0.3) is 0 Å². The zero-order chi connectivity index (χ0) is 20.9. The number of halogens is 1. The summed E-state index contributed by atoms with van der Waals surface area (Å²) in [4.78, 5) is 19.3. The minimum absolute atomic E-state index is 0.00182. The van der Waals surface area contributed by atoms with E-state index in [0.717, 1.165) is 29.6 Å². The van der Waals surface area contributed by atoms with Gasteiger partial charge in [0, 0.05) is 38.0 Å². The number of aromatic nitrogens is 1. The number of anilines is 1. The standard InChI is InChI=1S/C23H25FN4O2/c1-30-10-9-28-14-20(16-6-4-7-18(24)11-16)22(15-28)27-23(29)26-19-12-17-5-2-3-8-21(17)25-13-19/h2-8,11-13,20,22H,9-10,14-15H2,1H3,(H2,26,27,29)/t20-,22+/m0/s1. The molecule has 0 saturated carbocycles. The molecule has 7 heteroatoms. The van der Waals surface area contributed by atoms with Crippen LogP contribution in [-0.4, -0.2) is 55.3 Å². The Labute approximate surface area is 175 Å². The highest BCUT2D eigenvalue weighted by Gasteiger charge is 2.34. The van der Waals surface area contributed by atoms with Gasteiger partial charge in [-0.15, -0.1) is 0 Å². The number of para-hydroxylation sites is 1. The number of benzene rings is 2. The second kappa shape index (κ2) is 9.19. The molecule has 0 aliphatic carbocycles. The van der Waals surface area contributed by atoms with E-state index in [0.29, 0.717) is 18.8 Å². The summed E-state index contributed by atoms with van der Waals surface area (Å²) in [5, 5.41) is 6.90. The number of pyridine rings is 1. The lowest BCUT2D eigenvalue weighted by molar-refractivity contribution is 0.159. The largest absolute Gasteiger partial charge is 0.383 e. The Balaban J connectivity index is 1.47. The molecule has 3 aromatic rings. The van der Waals surface area contributed by atoms with Gasteiger partial charge in [0.2, 0.25) is 0 Å². The number of amides is 2. The summed E-state index contributed by atoms with van der Waals surface area (Å²) in [5.41, 5.74) is 2.38. The summed E-state index contributed by atoms with van der Waals surface area (Å²) in [6, 6.07) is 15.8. The summed E-state index contributed by atoms with van der Waals surface area (Å²) in [6.45, 7) is 2.78. The zero-order valence-electron chi connectivity index (χ0n) is 16.8. The van der Waals surface area contributed by atoms with Gasteiger partial charge in [0.15, 0.2) is 0 Å². The molecule has 1 aromatic heterocycles. The highest BCUT2D eigenvalue weighted by molar-refractivity contribution is 5.92. The zero-order valence-corrected chi connectivity index (χ0v) is 16.8. The fourth-order valence-corrected chi connectivity index (χ4v) is 3.98. The molecule has 2 atom stereocenters. The second-order valence-corrected chi connectivity index (χ2v) is 7.54. The molecular formula is C23H25FN4O2. The summed E-state index contributed by atoms with van der Waals surface area (Å²) >= 11 is 0. The average Bonchev–Trinajstić information content (AvgIpc) is 3.14. The van der Waals surface area contributed by atoms with Crippen molar-refractivity contribution in [3.05, 3.63) is 72.2 Å².